The van der Waals surface area contributed by atoms with E-state index in [0.29, 0.717) is 15.8 Å². The van der Waals surface area contributed by atoms with Gasteiger partial charge in [0.05, 0.1) is 10.9 Å². The second kappa shape index (κ2) is 7.86. The summed E-state index contributed by atoms with van der Waals surface area (Å²) in [5, 5.41) is 1.27. The van der Waals surface area contributed by atoms with Gasteiger partial charge in [-0.3, -0.25) is 4.90 Å². The molecule has 0 spiro atoms. The largest absolute Gasteiger partial charge is 0.484 e. The van der Waals surface area contributed by atoms with Crippen LogP contribution in [0.1, 0.15) is 30.1 Å². The molecule has 1 aliphatic carbocycles. The molecule has 2 atom stereocenters. The maximum Gasteiger partial charge on any atom is 0.175 e. The van der Waals surface area contributed by atoms with Gasteiger partial charge in [-0.2, -0.15) is 0 Å². The first-order valence-corrected chi connectivity index (χ1v) is 12.0. The van der Waals surface area contributed by atoms with Crippen molar-refractivity contribution in [1.29, 1.82) is 0 Å². The van der Waals surface area contributed by atoms with Crippen molar-refractivity contribution in [3.05, 3.63) is 64.0 Å². The van der Waals surface area contributed by atoms with Crippen molar-refractivity contribution < 1.29 is 13.2 Å². The number of sulfone groups is 1. The van der Waals surface area contributed by atoms with Gasteiger partial charge in [0, 0.05) is 28.4 Å². The van der Waals surface area contributed by atoms with Gasteiger partial charge in [0.15, 0.2) is 9.84 Å². The van der Waals surface area contributed by atoms with Gasteiger partial charge in [-0.25, -0.2) is 8.42 Å². The Morgan fingerprint density at radius 3 is 2.54 bits per heavy atom. The minimum Gasteiger partial charge on any atom is -0.484 e. The van der Waals surface area contributed by atoms with Crippen LogP contribution in [0.2, 0.25) is 10.0 Å². The van der Waals surface area contributed by atoms with E-state index >= 15 is 0 Å². The van der Waals surface area contributed by atoms with Gasteiger partial charge in [-0.1, -0.05) is 23.2 Å². The van der Waals surface area contributed by atoms with E-state index < -0.39 is 9.84 Å². The van der Waals surface area contributed by atoms with Crippen LogP contribution in [-0.2, 0) is 16.3 Å². The summed E-state index contributed by atoms with van der Waals surface area (Å²) in [7, 11) is -3.24. The zero-order valence-electron chi connectivity index (χ0n) is 15.6. The summed E-state index contributed by atoms with van der Waals surface area (Å²) in [6.07, 6.45) is 6.38. The lowest BCUT2D eigenvalue weighted by Gasteiger charge is -2.35. The number of rotatable bonds is 4. The molecule has 1 radical (unpaired) electrons. The average molecular weight is 439 g/mol. The number of fused-ring (bicyclic) bond motifs is 1. The summed E-state index contributed by atoms with van der Waals surface area (Å²) in [6, 6.07) is 10.5. The molecule has 2 aromatic rings. The van der Waals surface area contributed by atoms with Gasteiger partial charge in [0.25, 0.3) is 0 Å². The van der Waals surface area contributed by atoms with Gasteiger partial charge in [0.1, 0.15) is 11.9 Å². The molecule has 0 amide bonds. The Morgan fingerprint density at radius 2 is 1.89 bits per heavy atom. The van der Waals surface area contributed by atoms with E-state index in [-0.39, 0.29) is 17.0 Å². The number of likely N-dealkylation sites (tertiary alicyclic amines) is 1. The fourth-order valence-corrected chi connectivity index (χ4v) is 5.30. The van der Waals surface area contributed by atoms with Crippen LogP contribution in [0.4, 0.5) is 0 Å². The van der Waals surface area contributed by atoms with E-state index in [1.807, 2.05) is 6.07 Å². The maximum atomic E-state index is 11.7. The fraction of sp³-hybridized carbons (Fsp3) is 0.381. The van der Waals surface area contributed by atoms with Gasteiger partial charge in [-0.05, 0) is 74.2 Å². The Balaban J connectivity index is 1.67. The molecular formula is C21H22Cl2NO3S. The van der Waals surface area contributed by atoms with Crippen molar-refractivity contribution in [1.82, 2.24) is 4.90 Å². The van der Waals surface area contributed by atoms with E-state index in [4.69, 9.17) is 27.9 Å². The first kappa shape index (κ1) is 20.0. The Labute approximate surface area is 176 Å². The standard InChI is InChI=1S/C21H22Cl2NO3S/c1-28(25,26)16-7-5-15(6-8-16)27-21-18-11-14(22)12-19(23)17(18)13-20(21)24-9-3-2-4-10-24/h3,5-8,11-12,20-21H,2,4,9-10,13H2,1H3/t20-,21-/m0/s1. The molecule has 149 valence electrons. The van der Waals surface area contributed by atoms with Crippen LogP contribution >= 0.6 is 23.2 Å². The van der Waals surface area contributed by atoms with Crippen molar-refractivity contribution in [2.75, 3.05) is 19.3 Å². The molecule has 0 saturated carbocycles. The lowest BCUT2D eigenvalue weighted by atomic mass is 10.0. The van der Waals surface area contributed by atoms with Gasteiger partial charge in [-0.15, -0.1) is 0 Å². The van der Waals surface area contributed by atoms with E-state index in [1.54, 1.807) is 30.3 Å². The molecule has 28 heavy (non-hydrogen) atoms. The summed E-state index contributed by atoms with van der Waals surface area (Å²) in [4.78, 5) is 2.71. The highest BCUT2D eigenvalue weighted by atomic mass is 35.5. The van der Waals surface area contributed by atoms with Crippen LogP contribution < -0.4 is 4.74 Å². The van der Waals surface area contributed by atoms with Crippen LogP contribution in [-0.4, -0.2) is 38.7 Å². The number of halogens is 2. The quantitative estimate of drug-likeness (QED) is 0.691. The summed E-state index contributed by atoms with van der Waals surface area (Å²) in [6.45, 7) is 1.95. The number of piperidine rings is 1. The predicted octanol–water partition coefficient (Wildman–Crippen LogP) is 4.74. The first-order valence-electron chi connectivity index (χ1n) is 9.33. The highest BCUT2D eigenvalue weighted by molar-refractivity contribution is 7.90. The molecule has 1 aliphatic heterocycles. The average Bonchev–Trinajstić information content (AvgIpc) is 3.01. The van der Waals surface area contributed by atoms with Gasteiger partial charge >= 0.3 is 0 Å². The SMILES string of the molecule is CS(=O)(=O)c1ccc(O[C@H]2c3cc(Cl)cc(Cl)c3C[C@@H]2N2C[CH]CCC2)cc1. The van der Waals surface area contributed by atoms with Crippen LogP contribution in [0.15, 0.2) is 41.3 Å². The molecule has 0 N–H and O–H groups in total. The maximum absolute atomic E-state index is 11.7. The van der Waals surface area contributed by atoms with Crippen molar-refractivity contribution in [3.63, 3.8) is 0 Å². The zero-order chi connectivity index (χ0) is 19.9. The number of benzene rings is 2. The molecule has 0 unspecified atom stereocenters. The molecule has 0 bridgehead atoms. The smallest absolute Gasteiger partial charge is 0.175 e. The summed E-state index contributed by atoms with van der Waals surface area (Å²) < 4.78 is 29.8. The zero-order valence-corrected chi connectivity index (χ0v) is 17.9. The number of hydrogen-bond acceptors (Lipinski definition) is 4. The van der Waals surface area contributed by atoms with Crippen LogP contribution in [0.5, 0.6) is 5.75 Å². The lowest BCUT2D eigenvalue weighted by Crippen LogP contribution is -2.43. The lowest BCUT2D eigenvalue weighted by molar-refractivity contribution is 0.0751. The third kappa shape index (κ3) is 4.04. The topological polar surface area (TPSA) is 46.6 Å². The molecule has 1 heterocycles. The molecule has 1 fully saturated rings. The Bertz CT molecular complexity index is 970. The summed E-state index contributed by atoms with van der Waals surface area (Å²) in [5.41, 5.74) is 2.10. The van der Waals surface area contributed by atoms with Crippen molar-refractivity contribution in [3.8, 4) is 5.75 Å². The van der Waals surface area contributed by atoms with Gasteiger partial charge in [0.2, 0.25) is 0 Å². The minimum absolute atomic E-state index is 0.164. The molecule has 1 saturated heterocycles. The van der Waals surface area contributed by atoms with E-state index in [2.05, 4.69) is 11.3 Å². The molecule has 4 nitrogen and oxygen atoms in total. The molecule has 0 aromatic heterocycles. The third-order valence-electron chi connectivity index (χ3n) is 5.47. The molecular weight excluding hydrogens is 417 g/mol. The molecule has 2 aromatic carbocycles. The Kier molecular flexibility index (Phi) is 5.62. The monoisotopic (exact) mass is 438 g/mol. The molecule has 7 heteroatoms. The molecule has 2 aliphatic rings. The van der Waals surface area contributed by atoms with E-state index in [9.17, 15) is 8.42 Å². The number of ether oxygens (including phenoxy) is 1. The second-order valence-corrected chi connectivity index (χ2v) is 10.3. The Hall–Kier alpha value is -1.27. The van der Waals surface area contributed by atoms with Crippen molar-refractivity contribution in [2.24, 2.45) is 0 Å². The van der Waals surface area contributed by atoms with Crippen LogP contribution in [0.3, 0.4) is 0 Å². The van der Waals surface area contributed by atoms with Crippen molar-refractivity contribution in [2.45, 2.75) is 36.3 Å². The Morgan fingerprint density at radius 1 is 1.14 bits per heavy atom. The minimum atomic E-state index is -3.24. The third-order valence-corrected chi connectivity index (χ3v) is 7.15. The van der Waals surface area contributed by atoms with Gasteiger partial charge < -0.3 is 4.74 Å². The predicted molar refractivity (Wildman–Crippen MR) is 112 cm³/mol. The summed E-state index contributed by atoms with van der Waals surface area (Å²) in [5.74, 6) is 0.632. The number of hydrogen-bond donors (Lipinski definition) is 0. The second-order valence-electron chi connectivity index (χ2n) is 7.43. The van der Waals surface area contributed by atoms with Crippen molar-refractivity contribution >= 4 is 33.0 Å². The normalized spacial score (nSPS) is 22.8. The highest BCUT2D eigenvalue weighted by Crippen LogP contribution is 2.43. The van der Waals surface area contributed by atoms with E-state index in [0.717, 1.165) is 43.5 Å². The van der Waals surface area contributed by atoms with E-state index in [1.165, 1.54) is 6.26 Å². The van der Waals surface area contributed by atoms with Crippen LogP contribution in [0.25, 0.3) is 0 Å². The highest BCUT2D eigenvalue weighted by Gasteiger charge is 2.39. The fourth-order valence-electron chi connectivity index (χ4n) is 4.08. The van der Waals surface area contributed by atoms with Crippen LogP contribution in [0, 0.1) is 6.42 Å². The molecule has 4 rings (SSSR count). The summed E-state index contributed by atoms with van der Waals surface area (Å²) >= 11 is 12.8. The number of nitrogens with zero attached hydrogens (tertiary/aromatic N) is 1. The first-order chi connectivity index (χ1) is 13.3.